The molecular formula is C8H19NO. The van der Waals surface area contributed by atoms with Crippen molar-refractivity contribution in [2.45, 2.75) is 38.7 Å². The highest BCUT2D eigenvalue weighted by Crippen LogP contribution is 2.19. The molecule has 0 aromatic carbocycles. The van der Waals surface area contributed by atoms with E-state index in [4.69, 9.17) is 10.5 Å². The Hall–Kier alpha value is -0.0800. The minimum absolute atomic E-state index is 0.0174. The molecule has 2 N–H and O–H groups in total. The lowest BCUT2D eigenvalue weighted by Gasteiger charge is -2.26. The predicted octanol–water partition coefficient (Wildman–Crippen LogP) is 1.54. The second-order valence-electron chi connectivity index (χ2n) is 2.94. The molecule has 2 heteroatoms. The number of ether oxygens (including phenoxy) is 1. The molecule has 0 spiro atoms. The van der Waals surface area contributed by atoms with Crippen molar-refractivity contribution in [3.05, 3.63) is 0 Å². The van der Waals surface area contributed by atoms with Crippen LogP contribution in [0.4, 0.5) is 0 Å². The van der Waals surface area contributed by atoms with Crippen molar-refractivity contribution in [1.82, 2.24) is 0 Å². The molecule has 2 nitrogen and oxygen atoms in total. The molecule has 0 heterocycles. The van der Waals surface area contributed by atoms with Gasteiger partial charge in [-0.1, -0.05) is 13.3 Å². The summed E-state index contributed by atoms with van der Waals surface area (Å²) in [4.78, 5) is 0. The lowest BCUT2D eigenvalue weighted by Crippen LogP contribution is -2.29. The molecule has 0 saturated heterocycles. The van der Waals surface area contributed by atoms with Gasteiger partial charge in [0.15, 0.2) is 0 Å². The van der Waals surface area contributed by atoms with Crippen LogP contribution < -0.4 is 5.73 Å². The van der Waals surface area contributed by atoms with Crippen LogP contribution in [0.5, 0.6) is 0 Å². The minimum atomic E-state index is 0.0174. The molecule has 10 heavy (non-hydrogen) atoms. The van der Waals surface area contributed by atoms with Gasteiger partial charge in [-0.15, -0.1) is 0 Å². The average Bonchev–Trinajstić information content (AvgIpc) is 1.89. The highest BCUT2D eigenvalue weighted by molar-refractivity contribution is 4.73. The summed E-state index contributed by atoms with van der Waals surface area (Å²) in [5.74, 6) is 0. The van der Waals surface area contributed by atoms with Gasteiger partial charge >= 0.3 is 0 Å². The number of methoxy groups -OCH3 is 1. The summed E-state index contributed by atoms with van der Waals surface area (Å²) < 4.78 is 5.34. The van der Waals surface area contributed by atoms with E-state index in [2.05, 4.69) is 13.8 Å². The lowest BCUT2D eigenvalue weighted by atomic mass is 9.96. The van der Waals surface area contributed by atoms with E-state index in [1.165, 1.54) is 0 Å². The average molecular weight is 145 g/mol. The van der Waals surface area contributed by atoms with E-state index in [0.29, 0.717) is 6.54 Å². The quantitative estimate of drug-likeness (QED) is 0.637. The zero-order valence-electron chi connectivity index (χ0n) is 7.31. The van der Waals surface area contributed by atoms with Crippen LogP contribution in [0.25, 0.3) is 0 Å². The molecule has 0 aromatic rings. The van der Waals surface area contributed by atoms with Gasteiger partial charge in [-0.3, -0.25) is 0 Å². The van der Waals surface area contributed by atoms with Crippen LogP contribution in [-0.2, 0) is 4.74 Å². The summed E-state index contributed by atoms with van der Waals surface area (Å²) in [7, 11) is 1.76. The molecule has 62 valence electrons. The van der Waals surface area contributed by atoms with Crippen LogP contribution >= 0.6 is 0 Å². The Morgan fingerprint density at radius 1 is 1.40 bits per heavy atom. The van der Waals surface area contributed by atoms with Crippen molar-refractivity contribution in [3.8, 4) is 0 Å². The number of nitrogens with two attached hydrogens (primary N) is 1. The Labute approximate surface area is 63.7 Å². The maximum atomic E-state index is 5.44. The van der Waals surface area contributed by atoms with Crippen LogP contribution in [0, 0.1) is 0 Å². The maximum Gasteiger partial charge on any atom is 0.0662 e. The predicted molar refractivity (Wildman–Crippen MR) is 44.0 cm³/mol. The SMILES string of the molecule is CCCC(C)(CCN)OC. The van der Waals surface area contributed by atoms with Crippen molar-refractivity contribution in [2.75, 3.05) is 13.7 Å². The van der Waals surface area contributed by atoms with Crippen LogP contribution in [-0.4, -0.2) is 19.3 Å². The first-order valence-electron chi connectivity index (χ1n) is 3.93. The molecule has 0 bridgehead atoms. The fourth-order valence-corrected chi connectivity index (χ4v) is 1.16. The Morgan fingerprint density at radius 2 is 2.00 bits per heavy atom. The van der Waals surface area contributed by atoms with Gasteiger partial charge in [-0.2, -0.15) is 0 Å². The normalized spacial score (nSPS) is 16.8. The maximum absolute atomic E-state index is 5.44. The fraction of sp³-hybridized carbons (Fsp3) is 1.00. The summed E-state index contributed by atoms with van der Waals surface area (Å²) in [5.41, 5.74) is 5.46. The van der Waals surface area contributed by atoms with Gasteiger partial charge in [-0.25, -0.2) is 0 Å². The van der Waals surface area contributed by atoms with E-state index in [9.17, 15) is 0 Å². The van der Waals surface area contributed by atoms with E-state index in [-0.39, 0.29) is 5.60 Å². The number of rotatable bonds is 5. The Balaban J connectivity index is 3.69. The second kappa shape index (κ2) is 4.69. The topological polar surface area (TPSA) is 35.2 Å². The summed E-state index contributed by atoms with van der Waals surface area (Å²) >= 11 is 0. The van der Waals surface area contributed by atoms with E-state index in [1.54, 1.807) is 7.11 Å². The smallest absolute Gasteiger partial charge is 0.0662 e. The summed E-state index contributed by atoms with van der Waals surface area (Å²) in [6.07, 6.45) is 3.21. The third-order valence-corrected chi connectivity index (χ3v) is 1.94. The largest absolute Gasteiger partial charge is 0.378 e. The van der Waals surface area contributed by atoms with Crippen molar-refractivity contribution in [3.63, 3.8) is 0 Å². The van der Waals surface area contributed by atoms with Gasteiger partial charge in [0.1, 0.15) is 0 Å². The highest BCUT2D eigenvalue weighted by Gasteiger charge is 2.20. The highest BCUT2D eigenvalue weighted by atomic mass is 16.5. The van der Waals surface area contributed by atoms with Crippen molar-refractivity contribution >= 4 is 0 Å². The van der Waals surface area contributed by atoms with E-state index < -0.39 is 0 Å². The Bertz CT molecular complexity index is 77.3. The first kappa shape index (κ1) is 9.92. The Kier molecular flexibility index (Phi) is 4.65. The molecule has 0 aliphatic carbocycles. The molecule has 0 saturated carbocycles. The van der Waals surface area contributed by atoms with E-state index >= 15 is 0 Å². The molecule has 0 aliphatic heterocycles. The number of hydrogen-bond donors (Lipinski definition) is 1. The second-order valence-corrected chi connectivity index (χ2v) is 2.94. The van der Waals surface area contributed by atoms with Crippen LogP contribution in [0.2, 0.25) is 0 Å². The molecule has 1 unspecified atom stereocenters. The minimum Gasteiger partial charge on any atom is -0.378 e. The van der Waals surface area contributed by atoms with E-state index in [1.807, 2.05) is 0 Å². The fourth-order valence-electron chi connectivity index (χ4n) is 1.16. The first-order chi connectivity index (χ1) is 4.68. The monoisotopic (exact) mass is 145 g/mol. The summed E-state index contributed by atoms with van der Waals surface area (Å²) in [6.45, 7) is 4.99. The zero-order valence-corrected chi connectivity index (χ0v) is 7.31. The van der Waals surface area contributed by atoms with Gasteiger partial charge < -0.3 is 10.5 Å². The molecular weight excluding hydrogens is 126 g/mol. The standard InChI is InChI=1S/C8H19NO/c1-4-5-8(2,10-3)6-7-9/h4-7,9H2,1-3H3. The summed E-state index contributed by atoms with van der Waals surface area (Å²) in [6, 6.07) is 0. The van der Waals surface area contributed by atoms with Crippen molar-refractivity contribution in [1.29, 1.82) is 0 Å². The zero-order chi connectivity index (χ0) is 8.04. The van der Waals surface area contributed by atoms with Gasteiger partial charge in [0, 0.05) is 7.11 Å². The molecule has 0 fully saturated rings. The van der Waals surface area contributed by atoms with Gasteiger partial charge in [0.05, 0.1) is 5.60 Å². The van der Waals surface area contributed by atoms with E-state index in [0.717, 1.165) is 19.3 Å². The molecule has 0 aliphatic rings. The van der Waals surface area contributed by atoms with Crippen LogP contribution in [0.3, 0.4) is 0 Å². The lowest BCUT2D eigenvalue weighted by molar-refractivity contribution is -0.00661. The molecule has 0 amide bonds. The van der Waals surface area contributed by atoms with Gasteiger partial charge in [0.2, 0.25) is 0 Å². The van der Waals surface area contributed by atoms with Crippen molar-refractivity contribution < 1.29 is 4.74 Å². The van der Waals surface area contributed by atoms with Crippen molar-refractivity contribution in [2.24, 2.45) is 5.73 Å². The summed E-state index contributed by atoms with van der Waals surface area (Å²) in [5, 5.41) is 0. The number of hydrogen-bond acceptors (Lipinski definition) is 2. The van der Waals surface area contributed by atoms with Gasteiger partial charge in [-0.05, 0) is 26.3 Å². The third-order valence-electron chi connectivity index (χ3n) is 1.94. The molecule has 0 radical (unpaired) electrons. The molecule has 0 rings (SSSR count). The van der Waals surface area contributed by atoms with Gasteiger partial charge in [0.25, 0.3) is 0 Å². The van der Waals surface area contributed by atoms with Crippen LogP contribution in [0.1, 0.15) is 33.1 Å². The molecule has 0 aromatic heterocycles. The molecule has 1 atom stereocenters. The first-order valence-corrected chi connectivity index (χ1v) is 3.93. The van der Waals surface area contributed by atoms with Crippen LogP contribution in [0.15, 0.2) is 0 Å². The third kappa shape index (κ3) is 3.18. The Morgan fingerprint density at radius 3 is 2.30 bits per heavy atom.